The highest BCUT2D eigenvalue weighted by molar-refractivity contribution is 5.74. The van der Waals surface area contributed by atoms with Gasteiger partial charge in [-0.2, -0.15) is 0 Å². The predicted octanol–water partition coefficient (Wildman–Crippen LogP) is -0.450. The Morgan fingerprint density at radius 1 is 1.50 bits per heavy atom. The van der Waals surface area contributed by atoms with Gasteiger partial charge in [0, 0.05) is 6.42 Å². The normalized spacial score (nSPS) is 15.1. The highest BCUT2D eigenvalue weighted by atomic mass is 16.3. The van der Waals surface area contributed by atoms with E-state index in [4.69, 9.17) is 15.9 Å². The summed E-state index contributed by atoms with van der Waals surface area (Å²) >= 11 is 0. The van der Waals surface area contributed by atoms with Crippen LogP contribution in [0.2, 0.25) is 0 Å². The molecule has 0 aliphatic carbocycles. The Bertz CT molecular complexity index is 183. The van der Waals surface area contributed by atoms with Crippen molar-refractivity contribution in [3.8, 4) is 0 Å². The number of carbonyl (C=O) groups excluding carboxylic acids is 1. The molecule has 0 aromatic carbocycles. The van der Waals surface area contributed by atoms with Crippen molar-refractivity contribution in [1.82, 2.24) is 0 Å². The zero-order valence-corrected chi connectivity index (χ0v) is 7.32. The lowest BCUT2D eigenvalue weighted by molar-refractivity contribution is -0.105. The molecule has 0 rings (SSSR count). The zero-order chi connectivity index (χ0) is 9.72. The molecule has 2 atom stereocenters. The molecule has 70 valence electrons. The smallest absolute Gasteiger partial charge is 0.146 e. The summed E-state index contributed by atoms with van der Waals surface area (Å²) in [6, 6.07) is 0. The molecule has 0 aromatic heterocycles. The number of hydrogen-bond acceptors (Lipinski definition) is 4. The molecule has 4 N–H and O–H groups in total. The van der Waals surface area contributed by atoms with Crippen LogP contribution in [0.4, 0.5) is 0 Å². The first kappa shape index (κ1) is 11.3. The van der Waals surface area contributed by atoms with Gasteiger partial charge in [0.05, 0.1) is 6.10 Å². The summed E-state index contributed by atoms with van der Waals surface area (Å²) in [5.41, 5.74) is 6.31. The van der Waals surface area contributed by atoms with Crippen LogP contribution in [0.3, 0.4) is 0 Å². The van der Waals surface area contributed by atoms with E-state index in [1.807, 2.05) is 0 Å². The van der Waals surface area contributed by atoms with E-state index in [0.717, 1.165) is 5.57 Å². The number of nitrogens with two attached hydrogens (primary N) is 1. The largest absolute Gasteiger partial charge is 0.389 e. The number of rotatable bonds is 4. The van der Waals surface area contributed by atoms with Crippen LogP contribution in [0, 0.1) is 0 Å². The van der Waals surface area contributed by atoms with Crippen LogP contribution in [0.1, 0.15) is 20.3 Å². The maximum Gasteiger partial charge on any atom is 0.146 e. The standard InChI is InChI=1S/C8H15NO3/c1-5(2)6(4-10)3-7(11)8(9)12/h4,7-8,11-12H,3,9H2,1-2H3. The van der Waals surface area contributed by atoms with Crippen LogP contribution in [-0.4, -0.2) is 28.8 Å². The lowest BCUT2D eigenvalue weighted by atomic mass is 10.0. The monoisotopic (exact) mass is 173 g/mol. The maximum absolute atomic E-state index is 10.4. The summed E-state index contributed by atoms with van der Waals surface area (Å²) in [5.74, 6) is 0. The summed E-state index contributed by atoms with van der Waals surface area (Å²) in [6.45, 7) is 3.53. The van der Waals surface area contributed by atoms with Gasteiger partial charge in [-0.25, -0.2) is 0 Å². The van der Waals surface area contributed by atoms with E-state index < -0.39 is 12.3 Å². The second-order valence-electron chi connectivity index (χ2n) is 2.91. The first-order chi connectivity index (χ1) is 5.49. The van der Waals surface area contributed by atoms with Crippen molar-refractivity contribution in [2.75, 3.05) is 0 Å². The average Bonchev–Trinajstić information content (AvgIpc) is 1.98. The quantitative estimate of drug-likeness (QED) is 0.305. The molecule has 2 unspecified atom stereocenters. The molecule has 0 amide bonds. The first-order valence-electron chi connectivity index (χ1n) is 3.72. The van der Waals surface area contributed by atoms with Crippen molar-refractivity contribution in [2.24, 2.45) is 5.73 Å². The average molecular weight is 173 g/mol. The second-order valence-corrected chi connectivity index (χ2v) is 2.91. The van der Waals surface area contributed by atoms with Gasteiger partial charge in [-0.15, -0.1) is 0 Å². The zero-order valence-electron chi connectivity index (χ0n) is 7.32. The van der Waals surface area contributed by atoms with Gasteiger partial charge in [0.2, 0.25) is 0 Å². The Hall–Kier alpha value is -0.710. The number of aldehydes is 1. The van der Waals surface area contributed by atoms with Crippen LogP contribution in [-0.2, 0) is 4.79 Å². The molecule has 0 saturated heterocycles. The van der Waals surface area contributed by atoms with Gasteiger partial charge in [-0.3, -0.25) is 4.79 Å². The van der Waals surface area contributed by atoms with Gasteiger partial charge < -0.3 is 15.9 Å². The van der Waals surface area contributed by atoms with Gasteiger partial charge in [-0.05, 0) is 19.4 Å². The molecule has 0 saturated carbocycles. The van der Waals surface area contributed by atoms with E-state index in [2.05, 4.69) is 0 Å². The van der Waals surface area contributed by atoms with Gasteiger partial charge in [0.1, 0.15) is 12.5 Å². The molecule has 0 fully saturated rings. The molecule has 12 heavy (non-hydrogen) atoms. The van der Waals surface area contributed by atoms with Crippen molar-refractivity contribution < 1.29 is 15.0 Å². The van der Waals surface area contributed by atoms with Crippen molar-refractivity contribution in [3.63, 3.8) is 0 Å². The van der Waals surface area contributed by atoms with E-state index in [-0.39, 0.29) is 6.42 Å². The van der Waals surface area contributed by atoms with E-state index in [1.165, 1.54) is 0 Å². The molecule has 0 radical (unpaired) electrons. The van der Waals surface area contributed by atoms with Crippen LogP contribution in [0.5, 0.6) is 0 Å². The number of allylic oxidation sites excluding steroid dienone is 1. The van der Waals surface area contributed by atoms with Gasteiger partial charge >= 0.3 is 0 Å². The summed E-state index contributed by atoms with van der Waals surface area (Å²) in [7, 11) is 0. The molecule has 0 aliphatic rings. The molecular formula is C8H15NO3. The van der Waals surface area contributed by atoms with Crippen LogP contribution in [0.15, 0.2) is 11.1 Å². The van der Waals surface area contributed by atoms with E-state index in [1.54, 1.807) is 13.8 Å². The van der Waals surface area contributed by atoms with E-state index in [0.29, 0.717) is 11.9 Å². The molecule has 0 spiro atoms. The van der Waals surface area contributed by atoms with Crippen molar-refractivity contribution in [3.05, 3.63) is 11.1 Å². The van der Waals surface area contributed by atoms with Crippen LogP contribution in [0.25, 0.3) is 0 Å². The Kier molecular flexibility index (Phi) is 4.73. The number of carbonyl (C=O) groups is 1. The molecule has 4 nitrogen and oxygen atoms in total. The first-order valence-corrected chi connectivity index (χ1v) is 3.72. The topological polar surface area (TPSA) is 83.5 Å². The van der Waals surface area contributed by atoms with Gasteiger partial charge in [-0.1, -0.05) is 5.57 Å². The summed E-state index contributed by atoms with van der Waals surface area (Å²) in [5, 5.41) is 17.8. The fraction of sp³-hybridized carbons (Fsp3) is 0.625. The third-order valence-electron chi connectivity index (χ3n) is 1.61. The van der Waals surface area contributed by atoms with Gasteiger partial charge in [0.15, 0.2) is 0 Å². The molecular weight excluding hydrogens is 158 g/mol. The highest BCUT2D eigenvalue weighted by Crippen LogP contribution is 2.09. The maximum atomic E-state index is 10.4. The highest BCUT2D eigenvalue weighted by Gasteiger charge is 2.13. The summed E-state index contributed by atoms with van der Waals surface area (Å²) in [4.78, 5) is 10.4. The van der Waals surface area contributed by atoms with E-state index >= 15 is 0 Å². The minimum atomic E-state index is -1.29. The number of hydrogen-bond donors (Lipinski definition) is 3. The predicted molar refractivity (Wildman–Crippen MR) is 45.3 cm³/mol. The summed E-state index contributed by atoms with van der Waals surface area (Å²) < 4.78 is 0. The molecule has 0 heterocycles. The minimum Gasteiger partial charge on any atom is -0.389 e. The van der Waals surface area contributed by atoms with Crippen LogP contribution < -0.4 is 5.73 Å². The number of aliphatic hydroxyl groups is 2. The molecule has 0 bridgehead atoms. The molecule has 4 heteroatoms. The summed E-state index contributed by atoms with van der Waals surface area (Å²) in [6.07, 6.45) is -1.59. The van der Waals surface area contributed by atoms with Crippen molar-refractivity contribution >= 4 is 6.29 Å². The third kappa shape index (κ3) is 3.61. The van der Waals surface area contributed by atoms with Gasteiger partial charge in [0.25, 0.3) is 0 Å². The Morgan fingerprint density at radius 3 is 2.25 bits per heavy atom. The molecule has 0 aliphatic heterocycles. The Morgan fingerprint density at radius 2 is 2.00 bits per heavy atom. The Labute approximate surface area is 71.7 Å². The lowest BCUT2D eigenvalue weighted by Gasteiger charge is -2.13. The lowest BCUT2D eigenvalue weighted by Crippen LogP contribution is -2.34. The second kappa shape index (κ2) is 5.03. The minimum absolute atomic E-state index is 0.101. The van der Waals surface area contributed by atoms with Crippen molar-refractivity contribution in [2.45, 2.75) is 32.6 Å². The van der Waals surface area contributed by atoms with Crippen LogP contribution >= 0.6 is 0 Å². The number of aliphatic hydroxyl groups excluding tert-OH is 2. The Balaban J connectivity index is 4.23. The third-order valence-corrected chi connectivity index (χ3v) is 1.61. The van der Waals surface area contributed by atoms with Crippen molar-refractivity contribution in [1.29, 1.82) is 0 Å². The fourth-order valence-electron chi connectivity index (χ4n) is 0.716. The molecule has 0 aromatic rings. The fourth-order valence-corrected chi connectivity index (χ4v) is 0.716. The van der Waals surface area contributed by atoms with E-state index in [9.17, 15) is 4.79 Å². The SMILES string of the molecule is CC(C)=C(C=O)CC(O)C(N)O.